The van der Waals surface area contributed by atoms with Crippen LogP contribution in [0.1, 0.15) is 35.4 Å². The monoisotopic (exact) mass is 528 g/mol. The standard InChI is InChI=1S/C27H32N2O5S2/c1-4-14-28(36(31,32)23-10-8-20(2)9-11-23)18-27(30)29-15-12-26-24(13-16-35-26)25(29)19-34-22-7-5-6-21(17-22)33-3/h5-11,13,16-17,25H,4,12,14-15,18-19H2,1-3H3/t25-/m1/s1. The molecule has 0 saturated carbocycles. The largest absolute Gasteiger partial charge is 0.497 e. The molecule has 1 amide bonds. The van der Waals surface area contributed by atoms with E-state index in [1.165, 1.54) is 9.18 Å². The minimum atomic E-state index is -3.80. The zero-order valence-electron chi connectivity index (χ0n) is 20.8. The van der Waals surface area contributed by atoms with Gasteiger partial charge in [0.1, 0.15) is 18.1 Å². The summed E-state index contributed by atoms with van der Waals surface area (Å²) in [7, 11) is -2.20. The van der Waals surface area contributed by atoms with Crippen molar-refractivity contribution in [2.75, 3.05) is 33.4 Å². The molecule has 192 valence electrons. The van der Waals surface area contributed by atoms with Crippen molar-refractivity contribution < 1.29 is 22.7 Å². The molecule has 1 aliphatic rings. The molecule has 2 heterocycles. The Morgan fingerprint density at radius 1 is 1.14 bits per heavy atom. The molecule has 1 aromatic heterocycles. The number of sulfonamides is 1. The number of hydrogen-bond donors (Lipinski definition) is 0. The van der Waals surface area contributed by atoms with E-state index in [0.717, 1.165) is 17.5 Å². The second-order valence-corrected chi connectivity index (χ2v) is 11.7. The SMILES string of the molecule is CCCN(CC(=O)N1CCc2sccc2[C@H]1COc1cccc(OC)c1)S(=O)(=O)c1ccc(C)cc1. The third-order valence-corrected chi connectivity index (χ3v) is 9.16. The van der Waals surface area contributed by atoms with Crippen LogP contribution in [0.3, 0.4) is 0 Å². The maximum absolute atomic E-state index is 13.6. The van der Waals surface area contributed by atoms with Gasteiger partial charge in [-0.25, -0.2) is 8.42 Å². The molecule has 9 heteroatoms. The highest BCUT2D eigenvalue weighted by atomic mass is 32.2. The summed E-state index contributed by atoms with van der Waals surface area (Å²) in [5.74, 6) is 1.12. The second kappa shape index (κ2) is 11.5. The van der Waals surface area contributed by atoms with E-state index >= 15 is 0 Å². The lowest BCUT2D eigenvalue weighted by molar-refractivity contribution is -0.135. The lowest BCUT2D eigenvalue weighted by atomic mass is 10.0. The molecule has 1 aliphatic heterocycles. The van der Waals surface area contributed by atoms with Crippen LogP contribution in [0.15, 0.2) is 64.9 Å². The number of ether oxygens (including phenoxy) is 2. The maximum Gasteiger partial charge on any atom is 0.243 e. The number of hydrogen-bond acceptors (Lipinski definition) is 6. The molecule has 0 radical (unpaired) electrons. The van der Waals surface area contributed by atoms with Crippen LogP contribution in [0.4, 0.5) is 0 Å². The van der Waals surface area contributed by atoms with E-state index in [9.17, 15) is 13.2 Å². The van der Waals surface area contributed by atoms with Crippen LogP contribution in [0.5, 0.6) is 11.5 Å². The molecule has 0 aliphatic carbocycles. The van der Waals surface area contributed by atoms with Gasteiger partial charge in [0.15, 0.2) is 0 Å². The van der Waals surface area contributed by atoms with Crippen molar-refractivity contribution in [2.45, 2.75) is 37.6 Å². The predicted octanol–water partition coefficient (Wildman–Crippen LogP) is 4.67. The zero-order chi connectivity index (χ0) is 25.7. The molecular formula is C27H32N2O5S2. The van der Waals surface area contributed by atoms with Gasteiger partial charge in [0.05, 0.1) is 24.6 Å². The first-order chi connectivity index (χ1) is 17.3. The highest BCUT2D eigenvalue weighted by Gasteiger charge is 2.35. The van der Waals surface area contributed by atoms with Crippen molar-refractivity contribution in [3.05, 3.63) is 76.0 Å². The lowest BCUT2D eigenvalue weighted by Gasteiger charge is -2.37. The number of amides is 1. The number of benzene rings is 2. The average molecular weight is 529 g/mol. The molecule has 0 bridgehead atoms. The molecule has 36 heavy (non-hydrogen) atoms. The molecule has 0 N–H and O–H groups in total. The van der Waals surface area contributed by atoms with E-state index in [0.29, 0.717) is 24.5 Å². The van der Waals surface area contributed by atoms with Crippen molar-refractivity contribution in [2.24, 2.45) is 0 Å². The number of carbonyl (C=O) groups is 1. The quantitative estimate of drug-likeness (QED) is 0.382. The Labute approximate surface area is 217 Å². The Morgan fingerprint density at radius 2 is 1.89 bits per heavy atom. The van der Waals surface area contributed by atoms with Crippen molar-refractivity contribution in [1.29, 1.82) is 0 Å². The summed E-state index contributed by atoms with van der Waals surface area (Å²) in [6.07, 6.45) is 1.35. The van der Waals surface area contributed by atoms with Gasteiger partial charge in [0.25, 0.3) is 0 Å². The summed E-state index contributed by atoms with van der Waals surface area (Å²) >= 11 is 1.68. The van der Waals surface area contributed by atoms with Crippen molar-refractivity contribution in [3.63, 3.8) is 0 Å². The molecule has 0 saturated heterocycles. The first-order valence-corrected chi connectivity index (χ1v) is 14.3. The Balaban J connectivity index is 1.55. The van der Waals surface area contributed by atoms with Crippen molar-refractivity contribution in [3.8, 4) is 11.5 Å². The van der Waals surface area contributed by atoms with Crippen LogP contribution in [0.25, 0.3) is 0 Å². The van der Waals surface area contributed by atoms with E-state index in [-0.39, 0.29) is 36.5 Å². The van der Waals surface area contributed by atoms with Crippen LogP contribution in [0, 0.1) is 6.92 Å². The fraction of sp³-hybridized carbons (Fsp3) is 0.370. The van der Waals surface area contributed by atoms with Gasteiger partial charge in [-0.05, 0) is 61.0 Å². The first kappa shape index (κ1) is 26.2. The molecule has 0 unspecified atom stereocenters. The van der Waals surface area contributed by atoms with Crippen LogP contribution in [-0.2, 0) is 21.2 Å². The Hall–Kier alpha value is -2.88. The number of aryl methyl sites for hydroxylation is 1. The molecule has 0 fully saturated rings. The normalized spacial score (nSPS) is 15.6. The van der Waals surface area contributed by atoms with Crippen molar-refractivity contribution in [1.82, 2.24) is 9.21 Å². The number of fused-ring (bicyclic) bond motifs is 1. The average Bonchev–Trinajstić information content (AvgIpc) is 3.36. The van der Waals surface area contributed by atoms with E-state index in [4.69, 9.17) is 9.47 Å². The summed E-state index contributed by atoms with van der Waals surface area (Å²) in [6, 6.07) is 15.8. The topological polar surface area (TPSA) is 76.2 Å². The van der Waals surface area contributed by atoms with E-state index in [1.54, 1.807) is 53.7 Å². The summed E-state index contributed by atoms with van der Waals surface area (Å²) in [6.45, 7) is 4.66. The molecular weight excluding hydrogens is 496 g/mol. The Morgan fingerprint density at radius 3 is 2.61 bits per heavy atom. The molecule has 2 aromatic carbocycles. The number of rotatable bonds is 10. The van der Waals surface area contributed by atoms with Gasteiger partial charge in [-0.3, -0.25) is 4.79 Å². The van der Waals surface area contributed by atoms with Gasteiger partial charge in [0, 0.05) is 24.0 Å². The second-order valence-electron chi connectivity index (χ2n) is 8.79. The molecule has 0 spiro atoms. The number of nitrogens with zero attached hydrogens (tertiary/aromatic N) is 2. The number of carbonyl (C=O) groups excluding carboxylic acids is 1. The lowest BCUT2D eigenvalue weighted by Crippen LogP contribution is -2.48. The fourth-order valence-corrected chi connectivity index (χ4v) is 6.79. The molecule has 4 rings (SSSR count). The highest BCUT2D eigenvalue weighted by molar-refractivity contribution is 7.89. The zero-order valence-corrected chi connectivity index (χ0v) is 22.5. The van der Waals surface area contributed by atoms with E-state index in [2.05, 4.69) is 0 Å². The van der Waals surface area contributed by atoms with Gasteiger partial charge >= 0.3 is 0 Å². The van der Waals surface area contributed by atoms with E-state index in [1.807, 2.05) is 43.5 Å². The third kappa shape index (κ3) is 5.74. The summed E-state index contributed by atoms with van der Waals surface area (Å²) in [5.41, 5.74) is 2.04. The van der Waals surface area contributed by atoms with Crippen LogP contribution < -0.4 is 9.47 Å². The van der Waals surface area contributed by atoms with Gasteiger partial charge in [-0.1, -0.05) is 30.7 Å². The van der Waals surface area contributed by atoms with Crippen LogP contribution in [-0.4, -0.2) is 56.9 Å². The van der Waals surface area contributed by atoms with Crippen LogP contribution in [0.2, 0.25) is 0 Å². The van der Waals surface area contributed by atoms with Gasteiger partial charge in [-0.2, -0.15) is 4.31 Å². The smallest absolute Gasteiger partial charge is 0.243 e. The maximum atomic E-state index is 13.6. The minimum Gasteiger partial charge on any atom is -0.497 e. The molecule has 7 nitrogen and oxygen atoms in total. The van der Waals surface area contributed by atoms with Gasteiger partial charge in [-0.15, -0.1) is 11.3 Å². The van der Waals surface area contributed by atoms with E-state index < -0.39 is 10.0 Å². The van der Waals surface area contributed by atoms with Gasteiger partial charge in [0.2, 0.25) is 15.9 Å². The Bertz CT molecular complexity index is 1290. The third-order valence-electron chi connectivity index (χ3n) is 6.31. The molecule has 1 atom stereocenters. The van der Waals surface area contributed by atoms with Crippen LogP contribution >= 0.6 is 11.3 Å². The Kier molecular flexibility index (Phi) is 8.33. The minimum absolute atomic E-state index is 0.200. The predicted molar refractivity (Wildman–Crippen MR) is 141 cm³/mol. The van der Waals surface area contributed by atoms with Crippen molar-refractivity contribution >= 4 is 27.3 Å². The fourth-order valence-electron chi connectivity index (χ4n) is 4.38. The number of thiophene rings is 1. The molecule has 3 aromatic rings. The summed E-state index contributed by atoms with van der Waals surface area (Å²) in [4.78, 5) is 16.8. The van der Waals surface area contributed by atoms with Gasteiger partial charge < -0.3 is 14.4 Å². The highest BCUT2D eigenvalue weighted by Crippen LogP contribution is 2.34. The number of methoxy groups -OCH3 is 1. The first-order valence-electron chi connectivity index (χ1n) is 12.0. The summed E-state index contributed by atoms with van der Waals surface area (Å²) < 4.78 is 39.4. The summed E-state index contributed by atoms with van der Waals surface area (Å²) in [5, 5.41) is 2.03.